The monoisotopic (exact) mass is 198 g/mol. The summed E-state index contributed by atoms with van der Waals surface area (Å²) in [6, 6.07) is 0. The number of nitrogens with one attached hydrogen (secondary N) is 1. The zero-order valence-electron chi connectivity index (χ0n) is 6.22. The van der Waals surface area contributed by atoms with Gasteiger partial charge in [-0.2, -0.15) is 0 Å². The van der Waals surface area contributed by atoms with Crippen molar-refractivity contribution in [2.75, 3.05) is 5.73 Å². The van der Waals surface area contributed by atoms with Crippen molar-refractivity contribution in [3.8, 4) is 0 Å². The van der Waals surface area contributed by atoms with E-state index in [1.807, 2.05) is 0 Å². The van der Waals surface area contributed by atoms with Crippen LogP contribution in [0.3, 0.4) is 0 Å². The van der Waals surface area contributed by atoms with Gasteiger partial charge in [0.05, 0.1) is 0 Å². The molecule has 0 aromatic carbocycles. The Hall–Kier alpha value is -1.54. The maximum atomic E-state index is 10.5. The van der Waals surface area contributed by atoms with Crippen LogP contribution in [0.1, 0.15) is 0 Å². The lowest BCUT2D eigenvalue weighted by atomic mass is 10.5. The predicted octanol–water partition coefficient (Wildman–Crippen LogP) is -0.827. The molecule has 0 spiro atoms. The Morgan fingerprint density at radius 1 is 1.54 bits per heavy atom. The largest absolute Gasteiger partial charge is 0.766 e. The van der Waals surface area contributed by atoms with Gasteiger partial charge in [-0.15, -0.1) is 0 Å². The molecular formula is C5H4N5O2S-. The van der Waals surface area contributed by atoms with E-state index in [0.29, 0.717) is 5.52 Å². The normalized spacial score (nSPS) is 13.3. The number of aromatic amines is 1. The summed E-state index contributed by atoms with van der Waals surface area (Å²) in [5.74, 6) is 0.175. The van der Waals surface area contributed by atoms with Gasteiger partial charge >= 0.3 is 0 Å². The van der Waals surface area contributed by atoms with Crippen molar-refractivity contribution in [3.63, 3.8) is 0 Å². The molecule has 2 heterocycles. The van der Waals surface area contributed by atoms with Gasteiger partial charge in [-0.1, -0.05) is 0 Å². The molecule has 3 N–H and O–H groups in total. The molecule has 2 aromatic rings. The molecule has 0 saturated heterocycles. The van der Waals surface area contributed by atoms with Gasteiger partial charge in [0.1, 0.15) is 11.8 Å². The first-order valence-electron chi connectivity index (χ1n) is 3.24. The van der Waals surface area contributed by atoms with Gasteiger partial charge in [0, 0.05) is 11.1 Å². The fourth-order valence-corrected chi connectivity index (χ4v) is 1.25. The molecule has 2 aromatic heterocycles. The quantitative estimate of drug-likeness (QED) is 0.577. The molecular weight excluding hydrogens is 194 g/mol. The van der Waals surface area contributed by atoms with Crippen molar-refractivity contribution in [2.24, 2.45) is 0 Å². The van der Waals surface area contributed by atoms with E-state index in [-0.39, 0.29) is 16.6 Å². The van der Waals surface area contributed by atoms with E-state index in [4.69, 9.17) is 5.73 Å². The minimum Gasteiger partial charge on any atom is -0.766 e. The molecule has 1 unspecified atom stereocenters. The standard InChI is InChI=1S/C5H5N5O2S/c6-3-2-4(8-1-7-3)10-5(9-2)13(11)12/h1H,(H,11,12)(H3,6,7,8,9,10)/p-1. The first-order chi connectivity index (χ1) is 6.18. The second-order valence-corrected chi connectivity index (χ2v) is 3.09. The third kappa shape index (κ3) is 1.25. The molecule has 0 aliphatic heterocycles. The fourth-order valence-electron chi connectivity index (χ4n) is 0.904. The minimum absolute atomic E-state index is 0.175. The van der Waals surface area contributed by atoms with Crippen molar-refractivity contribution in [2.45, 2.75) is 5.16 Å². The average molecular weight is 198 g/mol. The van der Waals surface area contributed by atoms with Crippen LogP contribution < -0.4 is 5.73 Å². The van der Waals surface area contributed by atoms with E-state index in [9.17, 15) is 8.76 Å². The molecule has 68 valence electrons. The summed E-state index contributed by atoms with van der Waals surface area (Å²) in [6.07, 6.45) is 1.22. The van der Waals surface area contributed by atoms with Crippen molar-refractivity contribution >= 4 is 28.1 Å². The Bertz CT molecular complexity index is 481. The molecule has 1 atom stereocenters. The number of H-pyrrole nitrogens is 1. The fraction of sp³-hybridized carbons (Fsp3) is 0. The molecule has 0 aliphatic rings. The highest BCUT2D eigenvalue weighted by molar-refractivity contribution is 7.79. The van der Waals surface area contributed by atoms with Crippen molar-refractivity contribution in [1.82, 2.24) is 19.9 Å². The van der Waals surface area contributed by atoms with E-state index < -0.39 is 11.1 Å². The van der Waals surface area contributed by atoms with Crippen LogP contribution in [0, 0.1) is 0 Å². The van der Waals surface area contributed by atoms with E-state index >= 15 is 0 Å². The molecule has 0 fully saturated rings. The zero-order chi connectivity index (χ0) is 9.42. The lowest BCUT2D eigenvalue weighted by molar-refractivity contribution is 0.530. The SMILES string of the molecule is Nc1ncnc2nc(S(=O)[O-])[nH]c12. The number of nitrogens with two attached hydrogens (primary N) is 1. The van der Waals surface area contributed by atoms with Gasteiger partial charge in [0.15, 0.2) is 16.6 Å². The highest BCUT2D eigenvalue weighted by atomic mass is 32.2. The van der Waals surface area contributed by atoms with Gasteiger partial charge < -0.3 is 15.3 Å². The number of anilines is 1. The van der Waals surface area contributed by atoms with Crippen LogP contribution in [-0.4, -0.2) is 28.7 Å². The van der Waals surface area contributed by atoms with Gasteiger partial charge in [-0.3, -0.25) is 4.21 Å². The third-order valence-corrected chi connectivity index (χ3v) is 1.96. The number of nitrogen functional groups attached to an aromatic ring is 1. The van der Waals surface area contributed by atoms with E-state index in [1.54, 1.807) is 0 Å². The number of nitrogens with zero attached hydrogens (tertiary/aromatic N) is 3. The van der Waals surface area contributed by atoms with Crippen LogP contribution >= 0.6 is 0 Å². The number of imidazole rings is 1. The molecule has 0 bridgehead atoms. The Morgan fingerprint density at radius 3 is 2.92 bits per heavy atom. The minimum atomic E-state index is -2.41. The van der Waals surface area contributed by atoms with Crippen LogP contribution in [0.5, 0.6) is 0 Å². The second kappa shape index (κ2) is 2.75. The summed E-state index contributed by atoms with van der Waals surface area (Å²) in [4.78, 5) is 13.6. The summed E-state index contributed by atoms with van der Waals surface area (Å²) in [7, 11) is 0. The van der Waals surface area contributed by atoms with E-state index in [1.165, 1.54) is 6.33 Å². The van der Waals surface area contributed by atoms with Crippen LogP contribution in [0.4, 0.5) is 5.82 Å². The van der Waals surface area contributed by atoms with Crippen LogP contribution in [0.2, 0.25) is 0 Å². The van der Waals surface area contributed by atoms with Gasteiger partial charge in [-0.25, -0.2) is 15.0 Å². The smallest absolute Gasteiger partial charge is 0.185 e. The molecule has 8 heteroatoms. The summed E-state index contributed by atoms with van der Waals surface area (Å²) < 4.78 is 21.0. The Morgan fingerprint density at radius 2 is 2.31 bits per heavy atom. The summed E-state index contributed by atoms with van der Waals surface area (Å²) in [6.45, 7) is 0. The summed E-state index contributed by atoms with van der Waals surface area (Å²) in [5, 5.41) is -0.192. The lowest BCUT2D eigenvalue weighted by Gasteiger charge is -1.96. The Labute approximate surface area is 74.7 Å². The molecule has 0 saturated carbocycles. The number of rotatable bonds is 1. The van der Waals surface area contributed by atoms with E-state index in [2.05, 4.69) is 19.9 Å². The second-order valence-electron chi connectivity index (χ2n) is 2.23. The van der Waals surface area contributed by atoms with Crippen molar-refractivity contribution < 1.29 is 8.76 Å². The van der Waals surface area contributed by atoms with Crippen LogP contribution in [0.15, 0.2) is 11.5 Å². The summed E-state index contributed by atoms with van der Waals surface area (Å²) in [5.41, 5.74) is 6.02. The molecule has 13 heavy (non-hydrogen) atoms. The maximum absolute atomic E-state index is 10.5. The molecule has 2 rings (SSSR count). The van der Waals surface area contributed by atoms with Crippen molar-refractivity contribution in [1.29, 1.82) is 0 Å². The number of hydrogen-bond donors (Lipinski definition) is 2. The van der Waals surface area contributed by atoms with Crippen LogP contribution in [0.25, 0.3) is 11.2 Å². The molecule has 0 aliphatic carbocycles. The highest BCUT2D eigenvalue weighted by Crippen LogP contribution is 2.13. The molecule has 0 radical (unpaired) electrons. The number of hydrogen-bond acceptors (Lipinski definition) is 6. The van der Waals surface area contributed by atoms with Crippen molar-refractivity contribution in [3.05, 3.63) is 6.33 Å². The van der Waals surface area contributed by atoms with E-state index in [0.717, 1.165) is 0 Å². The maximum Gasteiger partial charge on any atom is 0.185 e. The molecule has 7 nitrogen and oxygen atoms in total. The summed E-state index contributed by atoms with van der Waals surface area (Å²) >= 11 is -2.41. The highest BCUT2D eigenvalue weighted by Gasteiger charge is 2.06. The first kappa shape index (κ1) is 8.08. The Balaban J connectivity index is 2.75. The van der Waals surface area contributed by atoms with Gasteiger partial charge in [-0.05, 0) is 0 Å². The topological polar surface area (TPSA) is 121 Å². The Kier molecular flexibility index (Phi) is 1.71. The third-order valence-electron chi connectivity index (χ3n) is 1.45. The first-order valence-corrected chi connectivity index (χ1v) is 4.31. The molecule has 0 amide bonds. The predicted molar refractivity (Wildman–Crippen MR) is 43.3 cm³/mol. The van der Waals surface area contributed by atoms with Gasteiger partial charge in [0.2, 0.25) is 0 Å². The number of aromatic nitrogens is 4. The number of fused-ring (bicyclic) bond motifs is 1. The van der Waals surface area contributed by atoms with Gasteiger partial charge in [0.25, 0.3) is 0 Å². The average Bonchev–Trinajstić information content (AvgIpc) is 2.49. The van der Waals surface area contributed by atoms with Crippen LogP contribution in [-0.2, 0) is 11.1 Å². The zero-order valence-corrected chi connectivity index (χ0v) is 7.04. The lowest BCUT2D eigenvalue weighted by Crippen LogP contribution is -1.92.